The Morgan fingerprint density at radius 2 is 2.15 bits per heavy atom. The fourth-order valence-electron chi connectivity index (χ4n) is 2.67. The van der Waals surface area contributed by atoms with Gasteiger partial charge >= 0.3 is 0 Å². The van der Waals surface area contributed by atoms with Crippen LogP contribution in [0.3, 0.4) is 0 Å². The molecule has 1 atom stereocenters. The van der Waals surface area contributed by atoms with Gasteiger partial charge in [0.1, 0.15) is 0 Å². The van der Waals surface area contributed by atoms with E-state index in [-0.39, 0.29) is 23.4 Å². The maximum Gasteiger partial charge on any atom is 0.251 e. The highest BCUT2D eigenvalue weighted by atomic mass is 32.2. The molecule has 2 aromatic rings. The summed E-state index contributed by atoms with van der Waals surface area (Å²) in [5.41, 5.74) is 1.86. The number of aromatic nitrogens is 1. The van der Waals surface area contributed by atoms with Crippen molar-refractivity contribution in [2.75, 3.05) is 13.2 Å². The first kappa shape index (κ1) is 18.5. The van der Waals surface area contributed by atoms with Gasteiger partial charge in [-0.15, -0.1) is 0 Å². The number of hydrogen-bond acceptors (Lipinski definition) is 5. The molecule has 138 valence electrons. The fourth-order valence-corrected chi connectivity index (χ4v) is 3.70. The molecule has 1 aliphatic heterocycles. The molecule has 3 rings (SSSR count). The molecule has 0 spiro atoms. The topological polar surface area (TPSA) is 97.4 Å². The van der Waals surface area contributed by atoms with Crippen LogP contribution in [-0.2, 0) is 21.3 Å². The van der Waals surface area contributed by atoms with Crippen LogP contribution in [0.5, 0.6) is 0 Å². The van der Waals surface area contributed by atoms with E-state index < -0.39 is 10.0 Å². The number of hydrogen-bond donors (Lipinski definition) is 2. The zero-order valence-electron chi connectivity index (χ0n) is 14.4. The lowest BCUT2D eigenvalue weighted by Gasteiger charge is -2.12. The van der Waals surface area contributed by atoms with Crippen LogP contribution in [-0.4, -0.2) is 38.6 Å². The van der Waals surface area contributed by atoms with E-state index in [0.29, 0.717) is 24.5 Å². The van der Waals surface area contributed by atoms with Crippen LogP contribution in [0.25, 0.3) is 0 Å². The minimum absolute atomic E-state index is 0.0342. The molecular formula is C18H21N3O4S. The number of rotatable bonds is 6. The number of pyridine rings is 1. The van der Waals surface area contributed by atoms with Gasteiger partial charge in [0.15, 0.2) is 0 Å². The Morgan fingerprint density at radius 1 is 1.31 bits per heavy atom. The molecule has 0 aliphatic carbocycles. The maximum absolute atomic E-state index is 12.5. The molecule has 1 aromatic carbocycles. The number of sulfonamides is 1. The molecule has 0 saturated carbocycles. The third-order valence-electron chi connectivity index (χ3n) is 4.22. The summed E-state index contributed by atoms with van der Waals surface area (Å²) in [5.74, 6) is -0.307. The molecule has 8 heteroatoms. The summed E-state index contributed by atoms with van der Waals surface area (Å²) in [6.07, 6.45) is 2.38. The molecule has 2 N–H and O–H groups in total. The van der Waals surface area contributed by atoms with Crippen molar-refractivity contribution in [3.8, 4) is 0 Å². The van der Waals surface area contributed by atoms with Crippen LogP contribution in [0.1, 0.15) is 28.0 Å². The van der Waals surface area contributed by atoms with Crippen LogP contribution >= 0.6 is 0 Å². The number of ether oxygens (including phenoxy) is 1. The SMILES string of the molecule is Cc1cccnc1CNS(=O)(=O)c1cccc(C(=O)NC2CCOC2)c1. The molecule has 1 saturated heterocycles. The highest BCUT2D eigenvalue weighted by Gasteiger charge is 2.20. The van der Waals surface area contributed by atoms with E-state index in [2.05, 4.69) is 15.0 Å². The van der Waals surface area contributed by atoms with Gasteiger partial charge in [0.05, 0.1) is 29.8 Å². The number of aryl methyl sites for hydroxylation is 1. The molecule has 0 bridgehead atoms. The van der Waals surface area contributed by atoms with Gasteiger partial charge in [-0.05, 0) is 43.2 Å². The van der Waals surface area contributed by atoms with Crippen LogP contribution in [0, 0.1) is 6.92 Å². The standard InChI is InChI=1S/C18H21N3O4S/c1-13-4-3-8-19-17(13)11-20-26(23,24)16-6-2-5-14(10-16)18(22)21-15-7-9-25-12-15/h2-6,8,10,15,20H,7,9,11-12H2,1H3,(H,21,22). The van der Waals surface area contributed by atoms with E-state index in [1.54, 1.807) is 24.4 Å². The number of carbonyl (C=O) groups excluding carboxylic acids is 1. The molecule has 0 radical (unpaired) electrons. The number of nitrogens with zero attached hydrogens (tertiary/aromatic N) is 1. The molecule has 2 heterocycles. The van der Waals surface area contributed by atoms with Gasteiger partial charge < -0.3 is 10.1 Å². The zero-order chi connectivity index (χ0) is 18.6. The number of benzene rings is 1. The van der Waals surface area contributed by atoms with Crippen molar-refractivity contribution in [3.05, 3.63) is 59.4 Å². The third kappa shape index (κ3) is 4.46. The van der Waals surface area contributed by atoms with Crippen molar-refractivity contribution in [3.63, 3.8) is 0 Å². The molecular weight excluding hydrogens is 354 g/mol. The molecule has 1 aliphatic rings. The minimum Gasteiger partial charge on any atom is -0.379 e. The fraction of sp³-hybridized carbons (Fsp3) is 0.333. The second kappa shape index (κ2) is 7.94. The van der Waals surface area contributed by atoms with E-state index in [4.69, 9.17) is 4.74 Å². The minimum atomic E-state index is -3.75. The van der Waals surface area contributed by atoms with Crippen LogP contribution < -0.4 is 10.0 Å². The molecule has 1 amide bonds. The summed E-state index contributed by atoms with van der Waals surface area (Å²) in [6.45, 7) is 3.06. The highest BCUT2D eigenvalue weighted by Crippen LogP contribution is 2.14. The monoisotopic (exact) mass is 375 g/mol. The molecule has 26 heavy (non-hydrogen) atoms. The summed E-state index contributed by atoms with van der Waals surface area (Å²) in [6, 6.07) is 9.61. The van der Waals surface area contributed by atoms with Crippen LogP contribution in [0.2, 0.25) is 0 Å². The lowest BCUT2D eigenvalue weighted by Crippen LogP contribution is -2.35. The Hall–Kier alpha value is -2.29. The summed E-state index contributed by atoms with van der Waals surface area (Å²) in [5, 5.41) is 2.85. The Labute approximate surface area is 152 Å². The molecule has 1 unspecified atom stereocenters. The Bertz CT molecular complexity index is 893. The summed E-state index contributed by atoms with van der Waals surface area (Å²) in [7, 11) is -3.75. The lowest BCUT2D eigenvalue weighted by atomic mass is 10.2. The second-order valence-corrected chi connectivity index (χ2v) is 7.92. The van der Waals surface area contributed by atoms with Gasteiger partial charge in [-0.1, -0.05) is 12.1 Å². The van der Waals surface area contributed by atoms with Crippen LogP contribution in [0.4, 0.5) is 0 Å². The second-order valence-electron chi connectivity index (χ2n) is 6.15. The van der Waals surface area contributed by atoms with Crippen molar-refractivity contribution >= 4 is 15.9 Å². The molecule has 7 nitrogen and oxygen atoms in total. The number of carbonyl (C=O) groups is 1. The van der Waals surface area contributed by atoms with Gasteiger partial charge in [-0.3, -0.25) is 9.78 Å². The Morgan fingerprint density at radius 3 is 2.88 bits per heavy atom. The predicted octanol–water partition coefficient (Wildman–Crippen LogP) is 1.39. The average molecular weight is 375 g/mol. The van der Waals surface area contributed by atoms with Crippen molar-refractivity contribution in [2.24, 2.45) is 0 Å². The zero-order valence-corrected chi connectivity index (χ0v) is 15.3. The van der Waals surface area contributed by atoms with Crippen LogP contribution in [0.15, 0.2) is 47.5 Å². The van der Waals surface area contributed by atoms with E-state index >= 15 is 0 Å². The van der Waals surface area contributed by atoms with Gasteiger partial charge in [-0.2, -0.15) is 0 Å². The quantitative estimate of drug-likeness (QED) is 0.795. The number of nitrogens with one attached hydrogen (secondary N) is 2. The summed E-state index contributed by atoms with van der Waals surface area (Å²) in [4.78, 5) is 16.5. The van der Waals surface area contributed by atoms with Gasteiger partial charge in [-0.25, -0.2) is 13.1 Å². The first-order valence-corrected chi connectivity index (χ1v) is 9.83. The first-order valence-electron chi connectivity index (χ1n) is 8.34. The lowest BCUT2D eigenvalue weighted by molar-refractivity contribution is 0.0929. The van der Waals surface area contributed by atoms with Crippen molar-refractivity contribution in [1.29, 1.82) is 0 Å². The van der Waals surface area contributed by atoms with Gasteiger partial charge in [0, 0.05) is 18.4 Å². The first-order chi connectivity index (χ1) is 12.5. The van der Waals surface area contributed by atoms with E-state index in [0.717, 1.165) is 12.0 Å². The molecule has 1 aromatic heterocycles. The Balaban J connectivity index is 1.71. The normalized spacial score (nSPS) is 17.2. The van der Waals surface area contributed by atoms with Crippen molar-refractivity contribution in [2.45, 2.75) is 30.8 Å². The highest BCUT2D eigenvalue weighted by molar-refractivity contribution is 7.89. The van der Waals surface area contributed by atoms with Crippen molar-refractivity contribution in [1.82, 2.24) is 15.0 Å². The largest absolute Gasteiger partial charge is 0.379 e. The third-order valence-corrected chi connectivity index (χ3v) is 5.62. The van der Waals surface area contributed by atoms with Gasteiger partial charge in [0.2, 0.25) is 10.0 Å². The summed E-state index contributed by atoms with van der Waals surface area (Å²) >= 11 is 0. The van der Waals surface area contributed by atoms with E-state index in [9.17, 15) is 13.2 Å². The van der Waals surface area contributed by atoms with Gasteiger partial charge in [0.25, 0.3) is 5.91 Å². The predicted molar refractivity (Wildman–Crippen MR) is 96.1 cm³/mol. The van der Waals surface area contributed by atoms with E-state index in [1.165, 1.54) is 12.1 Å². The van der Waals surface area contributed by atoms with Crippen molar-refractivity contribution < 1.29 is 17.9 Å². The number of amides is 1. The summed E-state index contributed by atoms with van der Waals surface area (Å²) < 4.78 is 32.8. The van der Waals surface area contributed by atoms with E-state index in [1.807, 2.05) is 13.0 Å². The maximum atomic E-state index is 12.5. The average Bonchev–Trinajstić information content (AvgIpc) is 3.14. The smallest absolute Gasteiger partial charge is 0.251 e. The Kier molecular flexibility index (Phi) is 5.65. The molecule has 1 fully saturated rings.